The average molecular weight is 378 g/mol. The maximum Gasteiger partial charge on any atom is 0.414 e. The van der Waals surface area contributed by atoms with Crippen LogP contribution in [0.15, 0.2) is 67.3 Å². The second-order valence-electron chi connectivity index (χ2n) is 5.41. The second kappa shape index (κ2) is 8.41. The normalized spacial score (nSPS) is 10.0. The number of hydrogen-bond acceptors (Lipinski definition) is 6. The van der Waals surface area contributed by atoms with Gasteiger partial charge in [-0.05, 0) is 29.8 Å². The Morgan fingerprint density at radius 1 is 0.857 bits per heavy atom. The molecule has 28 heavy (non-hydrogen) atoms. The third kappa shape index (κ3) is 4.67. The van der Waals surface area contributed by atoms with Crippen LogP contribution in [-0.2, 0) is 9.59 Å². The van der Waals surface area contributed by atoms with Crippen molar-refractivity contribution >= 4 is 23.0 Å². The third-order valence-corrected chi connectivity index (χ3v) is 3.52. The van der Waals surface area contributed by atoms with Crippen LogP contribution in [0.25, 0.3) is 22.2 Å². The fourth-order valence-electron chi connectivity index (χ4n) is 2.23. The van der Waals surface area contributed by atoms with Crippen LogP contribution in [0.3, 0.4) is 0 Å². The first kappa shape index (κ1) is 18.5. The van der Waals surface area contributed by atoms with E-state index >= 15 is 0 Å². The summed E-state index contributed by atoms with van der Waals surface area (Å²) in [4.78, 5) is 34.0. The molecule has 0 atom stereocenters. The Morgan fingerprint density at radius 2 is 1.54 bits per heavy atom. The van der Waals surface area contributed by atoms with Gasteiger partial charge in [0.05, 0.1) is 17.4 Å². The van der Waals surface area contributed by atoms with Crippen LogP contribution in [0.5, 0.6) is 11.8 Å². The van der Waals surface area contributed by atoms with Crippen LogP contribution in [-0.4, -0.2) is 42.1 Å². The summed E-state index contributed by atoms with van der Waals surface area (Å²) in [5.41, 5.74) is 3.88. The monoisotopic (exact) mass is 378 g/mol. The van der Waals surface area contributed by atoms with Crippen molar-refractivity contribution in [2.24, 2.45) is 0 Å². The fourth-order valence-corrected chi connectivity index (χ4v) is 2.23. The fraction of sp³-hybridized carbons (Fsp3) is 0. The number of fused-ring (bicyclic) bond motifs is 1. The van der Waals surface area contributed by atoms with E-state index in [2.05, 4.69) is 19.9 Å². The Morgan fingerprint density at radius 3 is 2.18 bits per heavy atom. The summed E-state index contributed by atoms with van der Waals surface area (Å²) in [5, 5.41) is 14.8. The Balaban J connectivity index is 0.000000330. The summed E-state index contributed by atoms with van der Waals surface area (Å²) >= 11 is 0. The number of aromatic nitrogens is 4. The number of nitrogens with zero attached hydrogens (tertiary/aromatic N) is 3. The molecular formula is C19H14N4O5. The highest BCUT2D eigenvalue weighted by Crippen LogP contribution is 2.23. The first-order chi connectivity index (χ1) is 13.5. The molecule has 0 aliphatic carbocycles. The number of nitrogens with one attached hydrogen (secondary N) is 1. The topological polar surface area (TPSA) is 138 Å². The number of para-hydroxylation sites is 1. The number of imidazole rings is 1. The van der Waals surface area contributed by atoms with Gasteiger partial charge in [0.15, 0.2) is 0 Å². The van der Waals surface area contributed by atoms with Crippen molar-refractivity contribution in [2.75, 3.05) is 0 Å². The Labute approximate surface area is 158 Å². The Hall–Kier alpha value is -4.27. The van der Waals surface area contributed by atoms with Gasteiger partial charge in [0.1, 0.15) is 5.75 Å². The quantitative estimate of drug-likeness (QED) is 0.463. The summed E-state index contributed by atoms with van der Waals surface area (Å²) in [6.45, 7) is 0. The molecule has 4 aromatic rings. The Kier molecular flexibility index (Phi) is 5.56. The molecule has 0 saturated heterocycles. The highest BCUT2D eigenvalue weighted by molar-refractivity contribution is 6.27. The van der Waals surface area contributed by atoms with Crippen molar-refractivity contribution < 1.29 is 24.5 Å². The molecule has 0 spiro atoms. The number of benzene rings is 2. The van der Waals surface area contributed by atoms with E-state index in [1.165, 1.54) is 0 Å². The van der Waals surface area contributed by atoms with Gasteiger partial charge in [0, 0.05) is 18.0 Å². The van der Waals surface area contributed by atoms with E-state index in [4.69, 9.17) is 24.5 Å². The first-order valence-corrected chi connectivity index (χ1v) is 7.97. The van der Waals surface area contributed by atoms with E-state index in [-0.39, 0.29) is 0 Å². The number of aliphatic carboxylic acids is 2. The smallest absolute Gasteiger partial charge is 0.414 e. The van der Waals surface area contributed by atoms with E-state index in [0.29, 0.717) is 11.8 Å². The Bertz CT molecular complexity index is 1080. The van der Waals surface area contributed by atoms with Gasteiger partial charge >= 0.3 is 17.9 Å². The molecule has 9 heteroatoms. The van der Waals surface area contributed by atoms with Gasteiger partial charge in [-0.25, -0.2) is 24.5 Å². The van der Waals surface area contributed by atoms with Crippen molar-refractivity contribution in [1.29, 1.82) is 0 Å². The van der Waals surface area contributed by atoms with Crippen LogP contribution in [0, 0.1) is 0 Å². The third-order valence-electron chi connectivity index (χ3n) is 3.52. The van der Waals surface area contributed by atoms with Crippen LogP contribution < -0.4 is 4.74 Å². The first-order valence-electron chi connectivity index (χ1n) is 7.97. The van der Waals surface area contributed by atoms with Crippen LogP contribution in [0.1, 0.15) is 0 Å². The lowest BCUT2D eigenvalue weighted by molar-refractivity contribution is -0.159. The van der Waals surface area contributed by atoms with E-state index < -0.39 is 11.9 Å². The summed E-state index contributed by atoms with van der Waals surface area (Å²) < 4.78 is 5.59. The number of ether oxygens (including phenoxy) is 1. The molecule has 0 radical (unpaired) electrons. The van der Waals surface area contributed by atoms with Crippen LogP contribution in [0.2, 0.25) is 0 Å². The molecule has 2 aromatic heterocycles. The number of hydrogen-bond donors (Lipinski definition) is 3. The summed E-state index contributed by atoms with van der Waals surface area (Å²) in [5.74, 6) is -2.93. The molecule has 0 saturated carbocycles. The molecule has 0 bridgehead atoms. The van der Waals surface area contributed by atoms with E-state index in [0.717, 1.165) is 22.2 Å². The molecule has 9 nitrogen and oxygen atoms in total. The molecule has 0 aliphatic rings. The van der Waals surface area contributed by atoms with Crippen molar-refractivity contribution in [3.8, 4) is 22.9 Å². The number of carboxylic acids is 2. The van der Waals surface area contributed by atoms with E-state index in [9.17, 15) is 0 Å². The lowest BCUT2D eigenvalue weighted by atomic mass is 10.1. The maximum atomic E-state index is 9.10. The van der Waals surface area contributed by atoms with Gasteiger partial charge in [-0.3, -0.25) is 0 Å². The van der Waals surface area contributed by atoms with Crippen LogP contribution in [0.4, 0.5) is 0 Å². The molecule has 0 aliphatic heterocycles. The molecular weight excluding hydrogens is 364 g/mol. The van der Waals surface area contributed by atoms with Crippen molar-refractivity contribution in [1.82, 2.24) is 19.9 Å². The average Bonchev–Trinajstić information content (AvgIpc) is 3.17. The minimum atomic E-state index is -1.82. The van der Waals surface area contributed by atoms with Gasteiger partial charge in [-0.2, -0.15) is 0 Å². The molecule has 4 rings (SSSR count). The minimum Gasteiger partial charge on any atom is -0.473 e. The van der Waals surface area contributed by atoms with Crippen molar-refractivity contribution in [3.63, 3.8) is 0 Å². The SMILES string of the molecule is O=C(O)C(=O)O.c1ccc(Oc2ncc(-c3ccc4nc[nH]c4c3)cn2)cc1. The highest BCUT2D eigenvalue weighted by atomic mass is 16.5. The highest BCUT2D eigenvalue weighted by Gasteiger charge is 2.05. The second-order valence-corrected chi connectivity index (χ2v) is 5.41. The lowest BCUT2D eigenvalue weighted by Gasteiger charge is -2.04. The number of rotatable bonds is 3. The molecule has 140 valence electrons. The van der Waals surface area contributed by atoms with Gasteiger partial charge in [-0.15, -0.1) is 0 Å². The van der Waals surface area contributed by atoms with Gasteiger partial charge in [0.2, 0.25) is 0 Å². The largest absolute Gasteiger partial charge is 0.473 e. The number of H-pyrrole nitrogens is 1. The molecule has 0 unspecified atom stereocenters. The zero-order valence-corrected chi connectivity index (χ0v) is 14.3. The zero-order chi connectivity index (χ0) is 19.9. The minimum absolute atomic E-state index is 0.331. The molecule has 3 N–H and O–H groups in total. The van der Waals surface area contributed by atoms with Crippen molar-refractivity contribution in [2.45, 2.75) is 0 Å². The molecule has 2 heterocycles. The van der Waals surface area contributed by atoms with Gasteiger partial charge in [0.25, 0.3) is 0 Å². The van der Waals surface area contributed by atoms with Gasteiger partial charge in [-0.1, -0.05) is 24.3 Å². The van der Waals surface area contributed by atoms with Crippen molar-refractivity contribution in [3.05, 3.63) is 67.3 Å². The predicted molar refractivity (Wildman–Crippen MR) is 98.9 cm³/mol. The number of aromatic amines is 1. The molecule has 2 aromatic carbocycles. The molecule has 0 amide bonds. The van der Waals surface area contributed by atoms with Crippen LogP contribution >= 0.6 is 0 Å². The van der Waals surface area contributed by atoms with Gasteiger partial charge < -0.3 is 19.9 Å². The zero-order valence-electron chi connectivity index (χ0n) is 14.3. The molecule has 0 fully saturated rings. The summed E-state index contributed by atoms with van der Waals surface area (Å²) in [7, 11) is 0. The summed E-state index contributed by atoms with van der Waals surface area (Å²) in [6, 6.07) is 15.8. The maximum absolute atomic E-state index is 9.10. The summed E-state index contributed by atoms with van der Waals surface area (Å²) in [6.07, 6.45) is 5.19. The number of carbonyl (C=O) groups is 2. The standard InChI is InChI=1S/C17H12N4O.C2H2O4/c1-2-4-14(5-3-1)22-17-18-9-13(10-19-17)12-6-7-15-16(8-12)21-11-20-15;3-1(4)2(5)6/h1-11H,(H,20,21);(H,3,4)(H,5,6). The lowest BCUT2D eigenvalue weighted by Crippen LogP contribution is -2.09. The van der Waals surface area contributed by atoms with E-state index in [1.807, 2.05) is 48.5 Å². The van der Waals surface area contributed by atoms with E-state index in [1.54, 1.807) is 18.7 Å². The number of carboxylic acid groups (broad SMARTS) is 2. The predicted octanol–water partition coefficient (Wildman–Crippen LogP) is 2.97.